The van der Waals surface area contributed by atoms with Crippen LogP contribution in [0.3, 0.4) is 0 Å². The Morgan fingerprint density at radius 2 is 1.71 bits per heavy atom. The number of pyridine rings is 3. The molecule has 6 nitrogen and oxygen atoms in total. The maximum atomic E-state index is 14.4. The van der Waals surface area contributed by atoms with Crippen molar-refractivity contribution in [2.24, 2.45) is 0 Å². The monoisotopic (exact) mass is 406 g/mol. The van der Waals surface area contributed by atoms with Crippen molar-refractivity contribution in [2.75, 3.05) is 0 Å². The molecule has 5 aromatic heterocycles. The van der Waals surface area contributed by atoms with Crippen molar-refractivity contribution in [2.45, 2.75) is 0 Å². The first-order valence-corrected chi connectivity index (χ1v) is 9.76. The van der Waals surface area contributed by atoms with Gasteiger partial charge in [0.25, 0.3) is 0 Å². The van der Waals surface area contributed by atoms with Crippen molar-refractivity contribution in [3.63, 3.8) is 0 Å². The molecule has 6 rings (SSSR count). The molecule has 0 radical (unpaired) electrons. The van der Waals surface area contributed by atoms with Crippen LogP contribution in [0.25, 0.3) is 55.8 Å². The Morgan fingerprint density at radius 3 is 2.58 bits per heavy atom. The Balaban J connectivity index is 1.53. The van der Waals surface area contributed by atoms with Gasteiger partial charge in [0.15, 0.2) is 0 Å². The van der Waals surface area contributed by atoms with Crippen LogP contribution in [0.5, 0.6) is 0 Å². The van der Waals surface area contributed by atoms with E-state index in [9.17, 15) is 4.39 Å². The molecule has 31 heavy (non-hydrogen) atoms. The van der Waals surface area contributed by atoms with Crippen LogP contribution in [0, 0.1) is 5.82 Å². The average Bonchev–Trinajstić information content (AvgIpc) is 3.43. The van der Waals surface area contributed by atoms with E-state index in [0.717, 1.165) is 38.9 Å². The Bertz CT molecular complexity index is 1550. The average molecular weight is 406 g/mol. The number of benzene rings is 1. The molecule has 0 saturated carbocycles. The van der Waals surface area contributed by atoms with Crippen LogP contribution in [0.1, 0.15) is 0 Å². The molecule has 0 amide bonds. The highest BCUT2D eigenvalue weighted by Gasteiger charge is 2.16. The summed E-state index contributed by atoms with van der Waals surface area (Å²) in [5.74, 6) is -0.272. The standard InChI is InChI=1S/C24H15FN6/c25-18-4-2-1-3-16(18)15-9-12-27-24-17(15)13-21(29-24)23-22-20(30-31-23)6-5-19(28-22)14-7-10-26-11-8-14/h1-13H,(H,27,29)(H,30,31). The Labute approximate surface area is 175 Å². The van der Waals surface area contributed by atoms with Crippen molar-refractivity contribution in [1.29, 1.82) is 0 Å². The summed E-state index contributed by atoms with van der Waals surface area (Å²) in [6.45, 7) is 0. The summed E-state index contributed by atoms with van der Waals surface area (Å²) in [5, 5.41) is 8.35. The molecule has 0 saturated heterocycles. The van der Waals surface area contributed by atoms with Crippen molar-refractivity contribution in [3.8, 4) is 33.8 Å². The summed E-state index contributed by atoms with van der Waals surface area (Å²) in [6, 6.07) is 18.2. The lowest BCUT2D eigenvalue weighted by Gasteiger charge is -2.04. The highest BCUT2D eigenvalue weighted by atomic mass is 19.1. The maximum Gasteiger partial charge on any atom is 0.138 e. The zero-order chi connectivity index (χ0) is 20.8. The fourth-order valence-corrected chi connectivity index (χ4v) is 3.84. The lowest BCUT2D eigenvalue weighted by Crippen LogP contribution is -1.86. The number of rotatable bonds is 3. The number of H-pyrrole nitrogens is 2. The number of aromatic amines is 2. The number of hydrogen-bond donors (Lipinski definition) is 2. The Hall–Kier alpha value is -4.39. The minimum Gasteiger partial charge on any atom is -0.338 e. The van der Waals surface area contributed by atoms with E-state index >= 15 is 0 Å². The molecule has 1 aromatic carbocycles. The van der Waals surface area contributed by atoms with Crippen molar-refractivity contribution in [3.05, 3.63) is 85.1 Å². The SMILES string of the molecule is Fc1ccccc1-c1ccnc2[nH]c(-c3n[nH]c4ccc(-c5ccncc5)nc34)cc12. The van der Waals surface area contributed by atoms with E-state index in [-0.39, 0.29) is 5.82 Å². The fourth-order valence-electron chi connectivity index (χ4n) is 3.84. The van der Waals surface area contributed by atoms with Crippen LogP contribution in [0.4, 0.5) is 4.39 Å². The zero-order valence-electron chi connectivity index (χ0n) is 16.2. The van der Waals surface area contributed by atoms with E-state index in [1.807, 2.05) is 42.5 Å². The molecule has 6 aromatic rings. The van der Waals surface area contributed by atoms with Crippen molar-refractivity contribution >= 4 is 22.1 Å². The third kappa shape index (κ3) is 2.86. The molecule has 0 aliphatic heterocycles. The fraction of sp³-hybridized carbons (Fsp3) is 0. The second-order valence-electron chi connectivity index (χ2n) is 7.18. The molecule has 0 atom stereocenters. The van der Waals surface area contributed by atoms with Gasteiger partial charge in [-0.2, -0.15) is 5.10 Å². The van der Waals surface area contributed by atoms with E-state index in [0.29, 0.717) is 16.9 Å². The van der Waals surface area contributed by atoms with Gasteiger partial charge >= 0.3 is 0 Å². The first-order valence-electron chi connectivity index (χ1n) is 9.76. The Morgan fingerprint density at radius 1 is 0.839 bits per heavy atom. The van der Waals surface area contributed by atoms with Crippen LogP contribution in [0.2, 0.25) is 0 Å². The second-order valence-corrected chi connectivity index (χ2v) is 7.18. The van der Waals surface area contributed by atoms with Gasteiger partial charge in [0, 0.05) is 35.1 Å². The van der Waals surface area contributed by atoms with Gasteiger partial charge in [-0.15, -0.1) is 0 Å². The summed E-state index contributed by atoms with van der Waals surface area (Å²) in [6.07, 6.45) is 5.16. The molecule has 2 N–H and O–H groups in total. The largest absolute Gasteiger partial charge is 0.338 e. The molecule has 148 valence electrons. The molecule has 0 aliphatic carbocycles. The summed E-state index contributed by atoms with van der Waals surface area (Å²) >= 11 is 0. The minimum atomic E-state index is -0.272. The third-order valence-corrected chi connectivity index (χ3v) is 5.33. The Kier molecular flexibility index (Phi) is 3.86. The van der Waals surface area contributed by atoms with Gasteiger partial charge in [0.2, 0.25) is 0 Å². The van der Waals surface area contributed by atoms with Gasteiger partial charge < -0.3 is 4.98 Å². The number of nitrogens with zero attached hydrogens (tertiary/aromatic N) is 4. The van der Waals surface area contributed by atoms with Gasteiger partial charge in [-0.25, -0.2) is 14.4 Å². The molecule has 0 aliphatic rings. The predicted molar refractivity (Wildman–Crippen MR) is 118 cm³/mol. The summed E-state index contributed by atoms with van der Waals surface area (Å²) < 4.78 is 14.4. The topological polar surface area (TPSA) is 83.1 Å². The molecular formula is C24H15FN6. The van der Waals surface area contributed by atoms with Gasteiger partial charge in [-0.05, 0) is 48.0 Å². The molecule has 5 heterocycles. The van der Waals surface area contributed by atoms with Gasteiger partial charge in [0.1, 0.15) is 22.7 Å². The van der Waals surface area contributed by atoms with Crippen LogP contribution in [0.15, 0.2) is 79.3 Å². The van der Waals surface area contributed by atoms with E-state index in [4.69, 9.17) is 4.98 Å². The van der Waals surface area contributed by atoms with Crippen molar-refractivity contribution < 1.29 is 4.39 Å². The summed E-state index contributed by atoms with van der Waals surface area (Å²) in [7, 11) is 0. The molecule has 0 fully saturated rings. The summed E-state index contributed by atoms with van der Waals surface area (Å²) in [5.41, 5.74) is 6.80. The van der Waals surface area contributed by atoms with Crippen LogP contribution < -0.4 is 0 Å². The van der Waals surface area contributed by atoms with Crippen molar-refractivity contribution in [1.82, 2.24) is 30.1 Å². The third-order valence-electron chi connectivity index (χ3n) is 5.33. The van der Waals surface area contributed by atoms with E-state index < -0.39 is 0 Å². The zero-order valence-corrected chi connectivity index (χ0v) is 16.2. The van der Waals surface area contributed by atoms with E-state index in [1.165, 1.54) is 6.07 Å². The molecule has 7 heteroatoms. The van der Waals surface area contributed by atoms with E-state index in [1.54, 1.807) is 30.7 Å². The maximum absolute atomic E-state index is 14.4. The number of fused-ring (bicyclic) bond motifs is 2. The van der Waals surface area contributed by atoms with Crippen LogP contribution in [-0.4, -0.2) is 30.1 Å². The number of aromatic nitrogens is 6. The number of halogens is 1. The number of hydrogen-bond acceptors (Lipinski definition) is 4. The van der Waals surface area contributed by atoms with Gasteiger partial charge in [0.05, 0.1) is 16.9 Å². The second kappa shape index (κ2) is 6.84. The molecule has 0 spiro atoms. The predicted octanol–water partition coefficient (Wildman–Crippen LogP) is 5.37. The van der Waals surface area contributed by atoms with Crippen LogP contribution in [-0.2, 0) is 0 Å². The lowest BCUT2D eigenvalue weighted by atomic mass is 10.0. The quantitative estimate of drug-likeness (QED) is 0.414. The van der Waals surface area contributed by atoms with Crippen LogP contribution >= 0.6 is 0 Å². The van der Waals surface area contributed by atoms with E-state index in [2.05, 4.69) is 25.1 Å². The molecule has 0 bridgehead atoms. The smallest absolute Gasteiger partial charge is 0.138 e. The highest BCUT2D eigenvalue weighted by Crippen LogP contribution is 2.34. The minimum absolute atomic E-state index is 0.272. The first kappa shape index (κ1) is 17.5. The normalized spacial score (nSPS) is 11.4. The lowest BCUT2D eigenvalue weighted by molar-refractivity contribution is 0.631. The highest BCUT2D eigenvalue weighted by molar-refractivity contribution is 5.99. The first-order chi connectivity index (χ1) is 15.3. The van der Waals surface area contributed by atoms with Gasteiger partial charge in [-0.1, -0.05) is 18.2 Å². The summed E-state index contributed by atoms with van der Waals surface area (Å²) in [4.78, 5) is 16.6. The van der Waals surface area contributed by atoms with Gasteiger partial charge in [-0.3, -0.25) is 10.1 Å². The molecular weight excluding hydrogens is 391 g/mol. The molecule has 0 unspecified atom stereocenters. The number of nitrogens with one attached hydrogen (secondary N) is 2.